The summed E-state index contributed by atoms with van der Waals surface area (Å²) >= 11 is 0. The number of methoxy groups -OCH3 is 1. The van der Waals surface area contributed by atoms with Crippen LogP contribution in [0.4, 0.5) is 0 Å². The van der Waals surface area contributed by atoms with Gasteiger partial charge in [-0.1, -0.05) is 12.1 Å². The number of pyridine rings is 1. The molecule has 0 fully saturated rings. The smallest absolute Gasteiger partial charge is 0.339 e. The molecule has 0 atom stereocenters. The molecule has 29 heavy (non-hydrogen) atoms. The zero-order valence-electron chi connectivity index (χ0n) is 16.3. The first-order valence-electron chi connectivity index (χ1n) is 9.41. The molecule has 4 rings (SSSR count). The Labute approximate surface area is 166 Å². The van der Waals surface area contributed by atoms with Crippen molar-refractivity contribution in [2.24, 2.45) is 0 Å². The molecule has 148 valence electrons. The third-order valence-electron chi connectivity index (χ3n) is 4.92. The zero-order chi connectivity index (χ0) is 20.4. The molecule has 0 aliphatic rings. The molecular weight excluding hydrogens is 370 g/mol. The van der Waals surface area contributed by atoms with Crippen LogP contribution in [0.3, 0.4) is 0 Å². The molecule has 0 bridgehead atoms. The maximum atomic E-state index is 12.5. The fourth-order valence-electron chi connectivity index (χ4n) is 3.49. The maximum Gasteiger partial charge on any atom is 0.339 e. The van der Waals surface area contributed by atoms with Gasteiger partial charge in [0.15, 0.2) is 0 Å². The van der Waals surface area contributed by atoms with E-state index in [0.717, 1.165) is 27.6 Å². The Kier molecular flexibility index (Phi) is 5.08. The van der Waals surface area contributed by atoms with Crippen LogP contribution in [0, 0.1) is 6.92 Å². The van der Waals surface area contributed by atoms with Crippen LogP contribution in [0.2, 0.25) is 0 Å². The van der Waals surface area contributed by atoms with E-state index in [9.17, 15) is 9.59 Å². The second-order valence-corrected chi connectivity index (χ2v) is 6.83. The van der Waals surface area contributed by atoms with Gasteiger partial charge in [-0.2, -0.15) is 0 Å². The number of hydrogen-bond acceptors (Lipinski definition) is 5. The predicted molar refractivity (Wildman–Crippen MR) is 112 cm³/mol. The molecule has 2 aromatic carbocycles. The first-order chi connectivity index (χ1) is 14.1. The average molecular weight is 391 g/mol. The Bertz CT molecular complexity index is 1300. The van der Waals surface area contributed by atoms with E-state index in [0.29, 0.717) is 30.9 Å². The van der Waals surface area contributed by atoms with Gasteiger partial charge in [0.25, 0.3) is 5.56 Å². The van der Waals surface area contributed by atoms with Crippen molar-refractivity contribution in [3.63, 3.8) is 0 Å². The maximum absolute atomic E-state index is 12.5. The van der Waals surface area contributed by atoms with E-state index in [1.54, 1.807) is 29.9 Å². The van der Waals surface area contributed by atoms with Crippen molar-refractivity contribution >= 4 is 21.9 Å². The molecule has 0 aliphatic heterocycles. The van der Waals surface area contributed by atoms with Gasteiger partial charge < -0.3 is 18.5 Å². The molecule has 0 unspecified atom stereocenters. The van der Waals surface area contributed by atoms with Crippen LogP contribution in [-0.2, 0) is 6.54 Å². The van der Waals surface area contributed by atoms with Crippen LogP contribution in [-0.4, -0.2) is 18.3 Å². The Balaban J connectivity index is 1.54. The van der Waals surface area contributed by atoms with Crippen LogP contribution in [0.15, 0.2) is 68.6 Å². The lowest BCUT2D eigenvalue weighted by molar-refractivity contribution is 0.303. The van der Waals surface area contributed by atoms with Crippen molar-refractivity contribution in [2.75, 3.05) is 13.7 Å². The molecule has 6 heteroatoms. The minimum absolute atomic E-state index is 0.0500. The number of rotatable bonds is 6. The fourth-order valence-corrected chi connectivity index (χ4v) is 3.49. The number of benzene rings is 2. The van der Waals surface area contributed by atoms with E-state index < -0.39 is 5.63 Å². The van der Waals surface area contributed by atoms with Gasteiger partial charge in [0.1, 0.15) is 17.1 Å². The summed E-state index contributed by atoms with van der Waals surface area (Å²) < 4.78 is 18.1. The highest BCUT2D eigenvalue weighted by atomic mass is 16.5. The van der Waals surface area contributed by atoms with Crippen molar-refractivity contribution in [2.45, 2.75) is 19.9 Å². The molecule has 0 spiro atoms. The molecule has 2 aromatic heterocycles. The number of aromatic nitrogens is 1. The lowest BCUT2D eigenvalue weighted by Crippen LogP contribution is -2.21. The molecule has 0 saturated carbocycles. The van der Waals surface area contributed by atoms with E-state index in [-0.39, 0.29) is 5.56 Å². The van der Waals surface area contributed by atoms with Crippen LogP contribution in [0.25, 0.3) is 21.9 Å². The topological polar surface area (TPSA) is 70.7 Å². The highest BCUT2D eigenvalue weighted by molar-refractivity contribution is 5.84. The van der Waals surface area contributed by atoms with Crippen molar-refractivity contribution < 1.29 is 13.9 Å². The zero-order valence-corrected chi connectivity index (χ0v) is 16.3. The normalized spacial score (nSPS) is 11.1. The number of nitrogens with zero attached hydrogens (tertiary/aromatic N) is 1. The minimum atomic E-state index is -0.451. The quantitative estimate of drug-likeness (QED) is 0.368. The van der Waals surface area contributed by atoms with E-state index in [2.05, 4.69) is 0 Å². The Morgan fingerprint density at radius 3 is 2.66 bits per heavy atom. The monoisotopic (exact) mass is 391 g/mol. The molecule has 2 heterocycles. The number of ether oxygens (including phenoxy) is 2. The van der Waals surface area contributed by atoms with E-state index in [1.165, 1.54) is 6.07 Å². The van der Waals surface area contributed by atoms with Crippen molar-refractivity contribution in [1.82, 2.24) is 4.57 Å². The summed E-state index contributed by atoms with van der Waals surface area (Å²) in [6.45, 7) is 2.79. The molecule has 0 N–H and O–H groups in total. The number of hydrogen-bond donors (Lipinski definition) is 0. The molecular formula is C23H21NO5. The molecule has 0 amide bonds. The van der Waals surface area contributed by atoms with Gasteiger partial charge in [0, 0.05) is 18.0 Å². The van der Waals surface area contributed by atoms with Crippen LogP contribution >= 0.6 is 0 Å². The van der Waals surface area contributed by atoms with Gasteiger partial charge in [-0.15, -0.1) is 0 Å². The molecule has 6 nitrogen and oxygen atoms in total. The summed E-state index contributed by atoms with van der Waals surface area (Å²) in [5.41, 5.74) is 1.77. The first kappa shape index (κ1) is 18.8. The Morgan fingerprint density at radius 2 is 1.83 bits per heavy atom. The van der Waals surface area contributed by atoms with Gasteiger partial charge in [-0.05, 0) is 49.2 Å². The van der Waals surface area contributed by atoms with Crippen LogP contribution in [0.5, 0.6) is 11.5 Å². The summed E-state index contributed by atoms with van der Waals surface area (Å²) in [6.07, 6.45) is 0.610. The standard InChI is InChI=1S/C23H21NO5/c1-15-12-22(25)24(19-9-8-16(27-2)13-18(15)19)10-5-11-28-21-14-23(26)29-20-7-4-3-6-17(20)21/h3-4,6-9,12-14H,5,10-11H2,1-2H3. The second-order valence-electron chi connectivity index (χ2n) is 6.83. The Morgan fingerprint density at radius 1 is 1.00 bits per heavy atom. The lowest BCUT2D eigenvalue weighted by atomic mass is 10.1. The third kappa shape index (κ3) is 3.74. The van der Waals surface area contributed by atoms with Crippen LogP contribution < -0.4 is 20.7 Å². The second kappa shape index (κ2) is 7.83. The summed E-state index contributed by atoms with van der Waals surface area (Å²) in [5.74, 6) is 1.24. The SMILES string of the molecule is COc1ccc2c(c1)c(C)cc(=O)n2CCCOc1cc(=O)oc2ccccc12. The van der Waals surface area contributed by atoms with Crippen molar-refractivity contribution in [3.8, 4) is 11.5 Å². The van der Waals surface area contributed by atoms with E-state index in [1.807, 2.05) is 37.3 Å². The summed E-state index contributed by atoms with van der Waals surface area (Å²) in [5, 5.41) is 1.73. The predicted octanol–water partition coefficient (Wildman–Crippen LogP) is 3.89. The number of fused-ring (bicyclic) bond motifs is 2. The molecule has 0 aliphatic carbocycles. The van der Waals surface area contributed by atoms with Crippen molar-refractivity contribution in [3.05, 3.63) is 80.9 Å². The first-order valence-corrected chi connectivity index (χ1v) is 9.41. The summed E-state index contributed by atoms with van der Waals surface area (Å²) in [7, 11) is 1.62. The molecule has 0 saturated heterocycles. The number of para-hydroxylation sites is 1. The number of aryl methyl sites for hydroxylation is 2. The largest absolute Gasteiger partial charge is 0.497 e. The fraction of sp³-hybridized carbons (Fsp3) is 0.217. The summed E-state index contributed by atoms with van der Waals surface area (Å²) in [6, 6.07) is 15.9. The molecule has 0 radical (unpaired) electrons. The van der Waals surface area contributed by atoms with Gasteiger partial charge >= 0.3 is 5.63 Å². The summed E-state index contributed by atoms with van der Waals surface area (Å²) in [4.78, 5) is 24.3. The van der Waals surface area contributed by atoms with Crippen molar-refractivity contribution in [1.29, 1.82) is 0 Å². The van der Waals surface area contributed by atoms with Gasteiger partial charge in [0.2, 0.25) is 0 Å². The minimum Gasteiger partial charge on any atom is -0.497 e. The average Bonchev–Trinajstić information content (AvgIpc) is 2.72. The van der Waals surface area contributed by atoms with E-state index >= 15 is 0 Å². The van der Waals surface area contributed by atoms with Gasteiger partial charge in [0.05, 0.1) is 30.7 Å². The third-order valence-corrected chi connectivity index (χ3v) is 4.92. The lowest BCUT2D eigenvalue weighted by Gasteiger charge is -2.13. The highest BCUT2D eigenvalue weighted by Crippen LogP contribution is 2.24. The van der Waals surface area contributed by atoms with Gasteiger partial charge in [-0.25, -0.2) is 4.79 Å². The Hall–Kier alpha value is -3.54. The molecule has 4 aromatic rings. The van der Waals surface area contributed by atoms with Crippen LogP contribution in [0.1, 0.15) is 12.0 Å². The van der Waals surface area contributed by atoms with Gasteiger partial charge in [-0.3, -0.25) is 4.79 Å². The van der Waals surface area contributed by atoms with E-state index in [4.69, 9.17) is 13.9 Å². The highest BCUT2D eigenvalue weighted by Gasteiger charge is 2.09.